The van der Waals surface area contributed by atoms with Crippen molar-refractivity contribution in [3.05, 3.63) is 71.8 Å². The van der Waals surface area contributed by atoms with Gasteiger partial charge >= 0.3 is 5.97 Å². The van der Waals surface area contributed by atoms with E-state index in [0.717, 1.165) is 32.1 Å². The molecule has 1 aliphatic heterocycles. The minimum Gasteiger partial charge on any atom is -0.481 e. The number of piperidine rings is 1. The average molecular weight is 377 g/mol. The van der Waals surface area contributed by atoms with E-state index in [4.69, 9.17) is 0 Å². The Hall–Kier alpha value is -2.62. The molecule has 0 aromatic heterocycles. The molecular formula is C24H27NO3. The zero-order chi connectivity index (χ0) is 19.6. The first-order valence-electron chi connectivity index (χ1n) is 10.2. The van der Waals surface area contributed by atoms with Crippen molar-refractivity contribution in [1.82, 2.24) is 4.90 Å². The highest BCUT2D eigenvalue weighted by atomic mass is 16.4. The van der Waals surface area contributed by atoms with E-state index in [0.29, 0.717) is 13.1 Å². The molecule has 2 aromatic rings. The van der Waals surface area contributed by atoms with Crippen LogP contribution in [0.1, 0.15) is 30.4 Å². The number of carbonyl (C=O) groups excluding carboxylic acids is 1. The first-order chi connectivity index (χ1) is 13.6. The molecule has 2 fully saturated rings. The van der Waals surface area contributed by atoms with E-state index in [1.165, 1.54) is 11.1 Å². The third kappa shape index (κ3) is 3.96. The zero-order valence-corrected chi connectivity index (χ0v) is 16.1. The summed E-state index contributed by atoms with van der Waals surface area (Å²) in [6.45, 7) is 1.37. The number of likely N-dealkylation sites (tertiary alicyclic amines) is 1. The van der Waals surface area contributed by atoms with Crippen molar-refractivity contribution < 1.29 is 14.7 Å². The molecule has 4 rings (SSSR count). The molecule has 1 spiro atoms. The molecule has 0 bridgehead atoms. The Bertz CT molecular complexity index is 784. The maximum atomic E-state index is 13.4. The predicted molar refractivity (Wildman–Crippen MR) is 108 cm³/mol. The maximum Gasteiger partial charge on any atom is 0.307 e. The van der Waals surface area contributed by atoms with Crippen LogP contribution < -0.4 is 0 Å². The van der Waals surface area contributed by atoms with Gasteiger partial charge in [-0.3, -0.25) is 9.59 Å². The van der Waals surface area contributed by atoms with E-state index in [1.54, 1.807) is 0 Å². The van der Waals surface area contributed by atoms with Crippen LogP contribution in [0.25, 0.3) is 0 Å². The number of rotatable bonds is 6. The molecule has 1 atom stereocenters. The highest BCUT2D eigenvalue weighted by Crippen LogP contribution is 2.59. The number of hydrogen-bond acceptors (Lipinski definition) is 2. The quantitative estimate of drug-likeness (QED) is 0.833. The molecule has 1 unspecified atom stereocenters. The number of benzene rings is 2. The summed E-state index contributed by atoms with van der Waals surface area (Å²) < 4.78 is 0. The van der Waals surface area contributed by atoms with Gasteiger partial charge < -0.3 is 10.0 Å². The predicted octanol–water partition coefficient (Wildman–Crippen LogP) is 3.80. The van der Waals surface area contributed by atoms with E-state index in [-0.39, 0.29) is 23.2 Å². The van der Waals surface area contributed by atoms with Crippen molar-refractivity contribution in [1.29, 1.82) is 0 Å². The summed E-state index contributed by atoms with van der Waals surface area (Å²) in [6.07, 6.45) is 3.88. The lowest BCUT2D eigenvalue weighted by Crippen LogP contribution is -2.44. The Kier molecular flexibility index (Phi) is 5.21. The maximum absolute atomic E-state index is 13.4. The number of carboxylic acids is 1. The molecule has 28 heavy (non-hydrogen) atoms. The molecule has 1 amide bonds. The molecule has 1 aliphatic carbocycles. The zero-order valence-electron chi connectivity index (χ0n) is 16.1. The summed E-state index contributed by atoms with van der Waals surface area (Å²) in [5.74, 6) is -0.761. The standard InChI is InChI=1S/C24H27NO3/c26-22(25-13-11-24(12-14-25)17-21(24)23(27)28)20(15-18-7-3-1-4-8-18)16-19-9-5-2-6-10-19/h1-10,20-21H,11-17H2,(H,27,28). The second-order valence-electron chi connectivity index (χ2n) is 8.36. The van der Waals surface area contributed by atoms with E-state index >= 15 is 0 Å². The molecule has 2 aliphatic rings. The molecule has 1 heterocycles. The summed E-state index contributed by atoms with van der Waals surface area (Å²) in [4.78, 5) is 26.6. The number of aliphatic carboxylic acids is 1. The number of hydrogen-bond donors (Lipinski definition) is 1. The highest BCUT2D eigenvalue weighted by molar-refractivity contribution is 5.80. The van der Waals surface area contributed by atoms with Gasteiger partial charge in [-0.25, -0.2) is 0 Å². The lowest BCUT2D eigenvalue weighted by Gasteiger charge is -2.35. The van der Waals surface area contributed by atoms with E-state index in [9.17, 15) is 14.7 Å². The second kappa shape index (κ2) is 7.78. The van der Waals surface area contributed by atoms with Crippen LogP contribution in [-0.4, -0.2) is 35.0 Å². The van der Waals surface area contributed by atoms with Crippen LogP contribution in [0.15, 0.2) is 60.7 Å². The monoisotopic (exact) mass is 377 g/mol. The van der Waals surface area contributed by atoms with Crippen molar-refractivity contribution in [2.24, 2.45) is 17.3 Å². The Morgan fingerprint density at radius 1 is 0.929 bits per heavy atom. The molecule has 1 saturated carbocycles. The van der Waals surface area contributed by atoms with Gasteiger partial charge in [0.2, 0.25) is 5.91 Å². The van der Waals surface area contributed by atoms with Gasteiger partial charge in [0.1, 0.15) is 0 Å². The van der Waals surface area contributed by atoms with Gasteiger partial charge in [-0.05, 0) is 48.6 Å². The molecule has 146 valence electrons. The minimum atomic E-state index is -0.675. The number of nitrogens with zero attached hydrogens (tertiary/aromatic N) is 1. The summed E-state index contributed by atoms with van der Waals surface area (Å²) in [6, 6.07) is 20.4. The molecule has 1 saturated heterocycles. The van der Waals surface area contributed by atoms with Crippen LogP contribution in [0.4, 0.5) is 0 Å². The van der Waals surface area contributed by atoms with Gasteiger partial charge in [0.15, 0.2) is 0 Å². The SMILES string of the molecule is O=C(O)C1CC12CCN(C(=O)C(Cc1ccccc1)Cc1ccccc1)CC2. The van der Waals surface area contributed by atoms with E-state index in [2.05, 4.69) is 24.3 Å². The number of amides is 1. The van der Waals surface area contributed by atoms with Gasteiger partial charge in [0.05, 0.1) is 5.92 Å². The molecule has 4 nitrogen and oxygen atoms in total. The van der Waals surface area contributed by atoms with Crippen LogP contribution >= 0.6 is 0 Å². The number of carbonyl (C=O) groups is 2. The van der Waals surface area contributed by atoms with E-state index in [1.807, 2.05) is 41.3 Å². The Labute approximate surface area is 166 Å². The third-order valence-electron chi connectivity index (χ3n) is 6.56. The Morgan fingerprint density at radius 3 is 1.86 bits per heavy atom. The lowest BCUT2D eigenvalue weighted by atomic mass is 9.87. The first kappa shape index (κ1) is 18.7. The summed E-state index contributed by atoms with van der Waals surface area (Å²) in [5.41, 5.74) is 2.31. The molecular weight excluding hydrogens is 350 g/mol. The minimum absolute atomic E-state index is 0.0447. The van der Waals surface area contributed by atoms with Crippen LogP contribution in [0.3, 0.4) is 0 Å². The third-order valence-corrected chi connectivity index (χ3v) is 6.56. The topological polar surface area (TPSA) is 57.6 Å². The average Bonchev–Trinajstić information content (AvgIpc) is 3.43. The fourth-order valence-corrected chi connectivity index (χ4v) is 4.72. The Morgan fingerprint density at radius 2 is 1.43 bits per heavy atom. The number of carboxylic acid groups (broad SMARTS) is 1. The van der Waals surface area contributed by atoms with Crippen LogP contribution in [-0.2, 0) is 22.4 Å². The molecule has 4 heteroatoms. The summed E-state index contributed by atoms with van der Waals surface area (Å²) in [7, 11) is 0. The van der Waals surface area contributed by atoms with Gasteiger partial charge in [0, 0.05) is 19.0 Å². The fraction of sp³-hybridized carbons (Fsp3) is 0.417. The van der Waals surface area contributed by atoms with Gasteiger partial charge in [-0.15, -0.1) is 0 Å². The largest absolute Gasteiger partial charge is 0.481 e. The van der Waals surface area contributed by atoms with Crippen LogP contribution in [0.5, 0.6) is 0 Å². The summed E-state index contributed by atoms with van der Waals surface area (Å²) in [5, 5.41) is 9.28. The molecule has 1 N–H and O–H groups in total. The smallest absolute Gasteiger partial charge is 0.307 e. The highest BCUT2D eigenvalue weighted by Gasteiger charge is 2.59. The Balaban J connectivity index is 1.45. The van der Waals surface area contributed by atoms with Crippen molar-refractivity contribution in [2.75, 3.05) is 13.1 Å². The molecule has 0 radical (unpaired) electrons. The normalized spacial score (nSPS) is 20.3. The van der Waals surface area contributed by atoms with Crippen LogP contribution in [0.2, 0.25) is 0 Å². The second-order valence-corrected chi connectivity index (χ2v) is 8.36. The van der Waals surface area contributed by atoms with Crippen molar-refractivity contribution >= 4 is 11.9 Å². The van der Waals surface area contributed by atoms with Crippen molar-refractivity contribution in [2.45, 2.75) is 32.1 Å². The van der Waals surface area contributed by atoms with Gasteiger partial charge in [-0.1, -0.05) is 60.7 Å². The molecule has 2 aromatic carbocycles. The van der Waals surface area contributed by atoms with Crippen molar-refractivity contribution in [3.8, 4) is 0 Å². The van der Waals surface area contributed by atoms with E-state index < -0.39 is 5.97 Å². The van der Waals surface area contributed by atoms with Gasteiger partial charge in [-0.2, -0.15) is 0 Å². The van der Waals surface area contributed by atoms with Crippen LogP contribution in [0, 0.1) is 17.3 Å². The first-order valence-corrected chi connectivity index (χ1v) is 10.2. The van der Waals surface area contributed by atoms with Gasteiger partial charge in [0.25, 0.3) is 0 Å². The van der Waals surface area contributed by atoms with Crippen molar-refractivity contribution in [3.63, 3.8) is 0 Å². The lowest BCUT2D eigenvalue weighted by molar-refractivity contribution is -0.140. The summed E-state index contributed by atoms with van der Waals surface area (Å²) >= 11 is 0. The fourth-order valence-electron chi connectivity index (χ4n) is 4.72.